The number of nitrogens with two attached hydrogens (primary N) is 1. The number of hydrogen-bond donors (Lipinski definition) is 1. The smallest absolute Gasteiger partial charge is 0.143 e. The average Bonchev–Trinajstić information content (AvgIpc) is 2.38. The first-order valence-corrected chi connectivity index (χ1v) is 5.55. The van der Waals surface area contributed by atoms with Crippen LogP contribution in [0.3, 0.4) is 0 Å². The largest absolute Gasteiger partial charge is 0.495 e. The number of anilines is 3. The molecule has 0 saturated heterocycles. The SMILES string of the molecule is COc1cccc(N(C)c2cccc(F)c2)c1N. The molecule has 0 bridgehead atoms. The van der Waals surface area contributed by atoms with Gasteiger partial charge in [-0.3, -0.25) is 0 Å². The van der Waals surface area contributed by atoms with Crippen molar-refractivity contribution in [2.24, 2.45) is 0 Å². The number of halogens is 1. The van der Waals surface area contributed by atoms with Crippen molar-refractivity contribution in [3.8, 4) is 5.75 Å². The maximum Gasteiger partial charge on any atom is 0.143 e. The molecule has 4 heteroatoms. The second kappa shape index (κ2) is 4.96. The Kier molecular flexibility index (Phi) is 3.37. The van der Waals surface area contributed by atoms with Crippen molar-refractivity contribution in [2.75, 3.05) is 24.8 Å². The van der Waals surface area contributed by atoms with Crippen molar-refractivity contribution in [3.63, 3.8) is 0 Å². The summed E-state index contributed by atoms with van der Waals surface area (Å²) >= 11 is 0. The molecule has 0 saturated carbocycles. The number of benzene rings is 2. The highest BCUT2D eigenvalue weighted by atomic mass is 19.1. The lowest BCUT2D eigenvalue weighted by Gasteiger charge is -2.22. The van der Waals surface area contributed by atoms with Gasteiger partial charge in [-0.15, -0.1) is 0 Å². The molecule has 3 nitrogen and oxygen atoms in total. The van der Waals surface area contributed by atoms with Gasteiger partial charge in [0.05, 0.1) is 18.5 Å². The van der Waals surface area contributed by atoms with E-state index in [0.717, 1.165) is 11.4 Å². The standard InChI is InChI=1S/C14H15FN2O/c1-17(11-6-3-5-10(15)9-11)12-7-4-8-13(18-2)14(12)16/h3-9H,16H2,1-2H3. The molecular formula is C14H15FN2O. The molecule has 0 spiro atoms. The Morgan fingerprint density at radius 3 is 2.56 bits per heavy atom. The van der Waals surface area contributed by atoms with Crippen LogP contribution in [0.15, 0.2) is 42.5 Å². The van der Waals surface area contributed by atoms with Gasteiger partial charge in [-0.2, -0.15) is 0 Å². The highest BCUT2D eigenvalue weighted by molar-refractivity contribution is 5.78. The molecule has 2 aromatic carbocycles. The molecule has 0 fully saturated rings. The molecule has 0 aliphatic rings. The van der Waals surface area contributed by atoms with Crippen LogP contribution in [-0.4, -0.2) is 14.2 Å². The highest BCUT2D eigenvalue weighted by Gasteiger charge is 2.11. The maximum absolute atomic E-state index is 13.2. The zero-order chi connectivity index (χ0) is 13.1. The number of ether oxygens (including phenoxy) is 1. The minimum atomic E-state index is -0.277. The minimum absolute atomic E-state index is 0.277. The van der Waals surface area contributed by atoms with Gasteiger partial charge in [0.2, 0.25) is 0 Å². The molecule has 0 radical (unpaired) electrons. The Bertz CT molecular complexity index is 557. The third kappa shape index (κ3) is 2.22. The molecule has 0 atom stereocenters. The van der Waals surface area contributed by atoms with Crippen molar-refractivity contribution < 1.29 is 9.13 Å². The molecule has 94 valence electrons. The Balaban J connectivity index is 2.43. The molecule has 0 heterocycles. The van der Waals surface area contributed by atoms with Gasteiger partial charge in [0, 0.05) is 12.7 Å². The summed E-state index contributed by atoms with van der Waals surface area (Å²) in [6.07, 6.45) is 0. The number of methoxy groups -OCH3 is 1. The van der Waals surface area contributed by atoms with Crippen LogP contribution in [-0.2, 0) is 0 Å². The topological polar surface area (TPSA) is 38.5 Å². The van der Waals surface area contributed by atoms with Crippen LogP contribution < -0.4 is 15.4 Å². The van der Waals surface area contributed by atoms with E-state index in [4.69, 9.17) is 10.5 Å². The summed E-state index contributed by atoms with van der Waals surface area (Å²) in [4.78, 5) is 1.82. The van der Waals surface area contributed by atoms with E-state index in [1.807, 2.05) is 30.1 Å². The van der Waals surface area contributed by atoms with Gasteiger partial charge in [0.25, 0.3) is 0 Å². The summed E-state index contributed by atoms with van der Waals surface area (Å²) in [6, 6.07) is 11.9. The summed E-state index contributed by atoms with van der Waals surface area (Å²) < 4.78 is 18.4. The van der Waals surface area contributed by atoms with Crippen LogP contribution in [0.5, 0.6) is 5.75 Å². The Morgan fingerprint density at radius 2 is 1.89 bits per heavy atom. The van der Waals surface area contributed by atoms with E-state index >= 15 is 0 Å². The highest BCUT2D eigenvalue weighted by Crippen LogP contribution is 2.35. The fraction of sp³-hybridized carbons (Fsp3) is 0.143. The van der Waals surface area contributed by atoms with Crippen LogP contribution in [0.2, 0.25) is 0 Å². The predicted octanol–water partition coefficient (Wildman–Crippen LogP) is 3.18. The normalized spacial score (nSPS) is 10.2. The third-order valence-corrected chi connectivity index (χ3v) is 2.82. The minimum Gasteiger partial charge on any atom is -0.495 e. The first-order chi connectivity index (χ1) is 8.63. The van der Waals surface area contributed by atoms with Gasteiger partial charge in [-0.1, -0.05) is 12.1 Å². The van der Waals surface area contributed by atoms with Gasteiger partial charge in [-0.05, 0) is 30.3 Å². The molecule has 0 amide bonds. The van der Waals surface area contributed by atoms with Gasteiger partial charge in [0.1, 0.15) is 11.6 Å². The third-order valence-electron chi connectivity index (χ3n) is 2.82. The Labute approximate surface area is 106 Å². The lowest BCUT2D eigenvalue weighted by atomic mass is 10.2. The van der Waals surface area contributed by atoms with E-state index in [-0.39, 0.29) is 5.82 Å². The molecule has 18 heavy (non-hydrogen) atoms. The number of nitrogen functional groups attached to an aromatic ring is 1. The van der Waals surface area contributed by atoms with Crippen molar-refractivity contribution >= 4 is 17.1 Å². The lowest BCUT2D eigenvalue weighted by molar-refractivity contribution is 0.417. The average molecular weight is 246 g/mol. The van der Waals surface area contributed by atoms with Crippen LogP contribution in [0.4, 0.5) is 21.5 Å². The van der Waals surface area contributed by atoms with Crippen LogP contribution in [0.1, 0.15) is 0 Å². The van der Waals surface area contributed by atoms with E-state index in [1.54, 1.807) is 19.2 Å². The number of nitrogens with zero attached hydrogens (tertiary/aromatic N) is 1. The Morgan fingerprint density at radius 1 is 1.17 bits per heavy atom. The second-order valence-electron chi connectivity index (χ2n) is 3.93. The number of para-hydroxylation sites is 1. The van der Waals surface area contributed by atoms with Crippen molar-refractivity contribution in [3.05, 3.63) is 48.3 Å². The second-order valence-corrected chi connectivity index (χ2v) is 3.93. The van der Waals surface area contributed by atoms with Gasteiger partial charge < -0.3 is 15.4 Å². The summed E-state index contributed by atoms with van der Waals surface area (Å²) in [7, 11) is 3.40. The van der Waals surface area contributed by atoms with E-state index in [9.17, 15) is 4.39 Å². The molecule has 2 N–H and O–H groups in total. The van der Waals surface area contributed by atoms with E-state index in [0.29, 0.717) is 11.4 Å². The summed E-state index contributed by atoms with van der Waals surface area (Å²) in [5, 5.41) is 0. The molecule has 0 aliphatic carbocycles. The Hall–Kier alpha value is -2.23. The van der Waals surface area contributed by atoms with E-state index < -0.39 is 0 Å². The van der Waals surface area contributed by atoms with Crippen LogP contribution >= 0.6 is 0 Å². The fourth-order valence-electron chi connectivity index (χ4n) is 1.83. The molecule has 0 unspecified atom stereocenters. The van der Waals surface area contributed by atoms with Gasteiger partial charge in [0.15, 0.2) is 0 Å². The lowest BCUT2D eigenvalue weighted by Crippen LogP contribution is -2.12. The number of hydrogen-bond acceptors (Lipinski definition) is 3. The summed E-state index contributed by atoms with van der Waals surface area (Å²) in [5.41, 5.74) is 8.05. The molecule has 0 aromatic heterocycles. The van der Waals surface area contributed by atoms with E-state index in [2.05, 4.69) is 0 Å². The maximum atomic E-state index is 13.2. The summed E-state index contributed by atoms with van der Waals surface area (Å²) in [6.45, 7) is 0. The van der Waals surface area contributed by atoms with Crippen LogP contribution in [0.25, 0.3) is 0 Å². The first-order valence-electron chi connectivity index (χ1n) is 5.55. The van der Waals surface area contributed by atoms with E-state index in [1.165, 1.54) is 12.1 Å². The van der Waals surface area contributed by atoms with Crippen molar-refractivity contribution in [1.29, 1.82) is 0 Å². The number of rotatable bonds is 3. The van der Waals surface area contributed by atoms with Gasteiger partial charge >= 0.3 is 0 Å². The fourth-order valence-corrected chi connectivity index (χ4v) is 1.83. The zero-order valence-corrected chi connectivity index (χ0v) is 10.4. The van der Waals surface area contributed by atoms with Crippen LogP contribution in [0, 0.1) is 5.82 Å². The zero-order valence-electron chi connectivity index (χ0n) is 10.4. The van der Waals surface area contributed by atoms with Gasteiger partial charge in [-0.25, -0.2) is 4.39 Å². The van der Waals surface area contributed by atoms with Crippen molar-refractivity contribution in [2.45, 2.75) is 0 Å². The first kappa shape index (κ1) is 12.2. The molecule has 2 rings (SSSR count). The summed E-state index contributed by atoms with van der Waals surface area (Å²) in [5.74, 6) is 0.330. The predicted molar refractivity (Wildman–Crippen MR) is 71.9 cm³/mol. The monoisotopic (exact) mass is 246 g/mol. The molecule has 2 aromatic rings. The quantitative estimate of drug-likeness (QED) is 0.845. The van der Waals surface area contributed by atoms with Crippen molar-refractivity contribution in [1.82, 2.24) is 0 Å². The molecule has 0 aliphatic heterocycles. The molecular weight excluding hydrogens is 231 g/mol.